The normalized spacial score (nSPS) is 16.1. The van der Waals surface area contributed by atoms with Gasteiger partial charge in [-0.2, -0.15) is 0 Å². The molecule has 132 valence electrons. The van der Waals surface area contributed by atoms with Crippen LogP contribution in [0, 0.1) is 5.82 Å². The molecule has 1 heterocycles. The van der Waals surface area contributed by atoms with Gasteiger partial charge in [-0.3, -0.25) is 0 Å². The van der Waals surface area contributed by atoms with E-state index in [9.17, 15) is 9.50 Å². The lowest BCUT2D eigenvalue weighted by Crippen LogP contribution is -2.36. The first-order valence-corrected chi connectivity index (χ1v) is 8.45. The SMILES string of the molecule is NC(=NCc1ccc(N2CCC(O)CC2)c(F)c1)Nc1ccccc1. The van der Waals surface area contributed by atoms with E-state index in [0.717, 1.165) is 11.3 Å². The van der Waals surface area contributed by atoms with Crippen LogP contribution in [0.25, 0.3) is 0 Å². The molecule has 2 aromatic carbocycles. The van der Waals surface area contributed by atoms with E-state index in [1.165, 1.54) is 6.07 Å². The zero-order valence-electron chi connectivity index (χ0n) is 14.0. The minimum absolute atomic E-state index is 0.265. The molecule has 5 nitrogen and oxygen atoms in total. The molecule has 4 N–H and O–H groups in total. The molecule has 1 saturated heterocycles. The van der Waals surface area contributed by atoms with Crippen molar-refractivity contribution in [2.45, 2.75) is 25.5 Å². The van der Waals surface area contributed by atoms with Crippen molar-refractivity contribution in [3.8, 4) is 0 Å². The number of piperidine rings is 1. The lowest BCUT2D eigenvalue weighted by atomic mass is 10.1. The summed E-state index contributed by atoms with van der Waals surface area (Å²) in [6.45, 7) is 1.65. The third-order valence-corrected chi connectivity index (χ3v) is 4.30. The Bertz CT molecular complexity index is 727. The molecule has 0 unspecified atom stereocenters. The molecule has 0 atom stereocenters. The molecule has 6 heteroatoms. The number of anilines is 2. The Hall–Kier alpha value is -2.60. The van der Waals surface area contributed by atoms with Gasteiger partial charge >= 0.3 is 0 Å². The summed E-state index contributed by atoms with van der Waals surface area (Å²) in [6.07, 6.45) is 1.08. The van der Waals surface area contributed by atoms with Crippen molar-refractivity contribution in [2.75, 3.05) is 23.3 Å². The molecule has 1 aliphatic rings. The number of aliphatic hydroxyl groups excluding tert-OH is 1. The second-order valence-corrected chi connectivity index (χ2v) is 6.20. The average molecular weight is 342 g/mol. The molecule has 1 fully saturated rings. The highest BCUT2D eigenvalue weighted by Gasteiger charge is 2.19. The number of guanidine groups is 1. The van der Waals surface area contributed by atoms with Crippen molar-refractivity contribution in [3.63, 3.8) is 0 Å². The van der Waals surface area contributed by atoms with Crippen LogP contribution in [-0.2, 0) is 6.54 Å². The van der Waals surface area contributed by atoms with E-state index in [2.05, 4.69) is 10.3 Å². The molecular weight excluding hydrogens is 319 g/mol. The summed E-state index contributed by atoms with van der Waals surface area (Å²) in [6, 6.07) is 14.7. The van der Waals surface area contributed by atoms with E-state index in [1.54, 1.807) is 6.07 Å². The van der Waals surface area contributed by atoms with E-state index in [4.69, 9.17) is 5.73 Å². The van der Waals surface area contributed by atoms with E-state index >= 15 is 0 Å². The number of nitrogens with one attached hydrogen (secondary N) is 1. The predicted molar refractivity (Wildman–Crippen MR) is 99.2 cm³/mol. The van der Waals surface area contributed by atoms with Crippen LogP contribution in [-0.4, -0.2) is 30.3 Å². The number of nitrogens with two attached hydrogens (primary N) is 1. The number of aliphatic hydroxyl groups is 1. The van der Waals surface area contributed by atoms with E-state index < -0.39 is 0 Å². The lowest BCUT2D eigenvalue weighted by molar-refractivity contribution is 0.145. The number of rotatable bonds is 4. The Labute approximate surface area is 147 Å². The number of halogens is 1. The van der Waals surface area contributed by atoms with Crippen LogP contribution in [0.15, 0.2) is 53.5 Å². The molecule has 0 amide bonds. The van der Waals surface area contributed by atoms with Gasteiger partial charge in [0.1, 0.15) is 5.82 Å². The van der Waals surface area contributed by atoms with E-state index in [0.29, 0.717) is 44.1 Å². The van der Waals surface area contributed by atoms with Crippen LogP contribution in [0.2, 0.25) is 0 Å². The Balaban J connectivity index is 1.61. The summed E-state index contributed by atoms with van der Waals surface area (Å²) >= 11 is 0. The van der Waals surface area contributed by atoms with Gasteiger partial charge in [0.15, 0.2) is 5.96 Å². The minimum atomic E-state index is -0.270. The standard InChI is InChI=1S/C19H23FN4O/c20-17-12-14(6-7-18(17)24-10-8-16(25)9-11-24)13-22-19(21)23-15-4-2-1-3-5-15/h1-7,12,16,25H,8-11,13H2,(H3,21,22,23). The molecule has 0 bridgehead atoms. The molecular formula is C19H23FN4O. The van der Waals surface area contributed by atoms with Crippen LogP contribution in [0.4, 0.5) is 15.8 Å². The average Bonchev–Trinajstić information content (AvgIpc) is 2.62. The second-order valence-electron chi connectivity index (χ2n) is 6.20. The maximum atomic E-state index is 14.4. The first-order chi connectivity index (χ1) is 12.1. The zero-order valence-corrected chi connectivity index (χ0v) is 14.0. The third-order valence-electron chi connectivity index (χ3n) is 4.30. The fourth-order valence-electron chi connectivity index (χ4n) is 2.90. The van der Waals surface area contributed by atoms with Crippen molar-refractivity contribution >= 4 is 17.3 Å². The van der Waals surface area contributed by atoms with Gasteiger partial charge in [-0.25, -0.2) is 9.38 Å². The van der Waals surface area contributed by atoms with Crippen LogP contribution in [0.5, 0.6) is 0 Å². The molecule has 1 aliphatic heterocycles. The Morgan fingerprint density at radius 1 is 1.20 bits per heavy atom. The van der Waals surface area contributed by atoms with Gasteiger partial charge in [-0.15, -0.1) is 0 Å². The van der Waals surface area contributed by atoms with Gasteiger partial charge in [0, 0.05) is 18.8 Å². The van der Waals surface area contributed by atoms with Crippen molar-refractivity contribution < 1.29 is 9.50 Å². The Morgan fingerprint density at radius 3 is 2.60 bits per heavy atom. The highest BCUT2D eigenvalue weighted by atomic mass is 19.1. The highest BCUT2D eigenvalue weighted by Crippen LogP contribution is 2.24. The first kappa shape index (κ1) is 17.2. The second kappa shape index (κ2) is 7.98. The summed E-state index contributed by atoms with van der Waals surface area (Å²) in [5.74, 6) is 0.0272. The van der Waals surface area contributed by atoms with Crippen LogP contribution < -0.4 is 16.0 Å². The molecule has 0 aromatic heterocycles. The van der Waals surface area contributed by atoms with Crippen molar-refractivity contribution in [1.29, 1.82) is 0 Å². The molecule has 3 rings (SSSR count). The monoisotopic (exact) mass is 342 g/mol. The number of hydrogen-bond acceptors (Lipinski definition) is 3. The third kappa shape index (κ3) is 4.70. The number of para-hydroxylation sites is 1. The maximum absolute atomic E-state index is 14.4. The first-order valence-electron chi connectivity index (χ1n) is 8.45. The predicted octanol–water partition coefficient (Wildman–Crippen LogP) is 2.71. The number of benzene rings is 2. The number of nitrogens with zero attached hydrogens (tertiary/aromatic N) is 2. The number of hydrogen-bond donors (Lipinski definition) is 3. The Kier molecular flexibility index (Phi) is 5.50. The van der Waals surface area contributed by atoms with Crippen molar-refractivity contribution in [2.24, 2.45) is 10.7 Å². The van der Waals surface area contributed by atoms with Gasteiger partial charge in [0.05, 0.1) is 18.3 Å². The molecule has 0 spiro atoms. The van der Waals surface area contributed by atoms with Crippen molar-refractivity contribution in [3.05, 3.63) is 59.9 Å². The topological polar surface area (TPSA) is 73.9 Å². The summed E-state index contributed by atoms with van der Waals surface area (Å²) in [5.41, 5.74) is 8.06. The minimum Gasteiger partial charge on any atom is -0.393 e. The van der Waals surface area contributed by atoms with E-state index in [1.807, 2.05) is 41.3 Å². The van der Waals surface area contributed by atoms with Gasteiger partial charge in [-0.1, -0.05) is 24.3 Å². The number of aliphatic imine (C=N–C) groups is 1. The summed E-state index contributed by atoms with van der Waals surface area (Å²) in [4.78, 5) is 6.23. The lowest BCUT2D eigenvalue weighted by Gasteiger charge is -2.31. The molecule has 0 aliphatic carbocycles. The molecule has 25 heavy (non-hydrogen) atoms. The fraction of sp³-hybridized carbons (Fsp3) is 0.316. The largest absolute Gasteiger partial charge is 0.393 e. The molecule has 0 saturated carbocycles. The maximum Gasteiger partial charge on any atom is 0.193 e. The molecule has 2 aromatic rings. The van der Waals surface area contributed by atoms with Gasteiger partial charge in [0.2, 0.25) is 0 Å². The molecule has 0 radical (unpaired) electrons. The zero-order chi connectivity index (χ0) is 17.6. The quantitative estimate of drug-likeness (QED) is 0.590. The summed E-state index contributed by atoms with van der Waals surface area (Å²) in [5, 5.41) is 12.6. The highest BCUT2D eigenvalue weighted by molar-refractivity contribution is 5.92. The van der Waals surface area contributed by atoms with E-state index in [-0.39, 0.29) is 11.9 Å². The van der Waals surface area contributed by atoms with Gasteiger partial charge in [0.25, 0.3) is 0 Å². The van der Waals surface area contributed by atoms with Crippen LogP contribution >= 0.6 is 0 Å². The van der Waals surface area contributed by atoms with Crippen LogP contribution in [0.3, 0.4) is 0 Å². The van der Waals surface area contributed by atoms with Crippen molar-refractivity contribution in [1.82, 2.24) is 0 Å². The Morgan fingerprint density at radius 2 is 1.92 bits per heavy atom. The summed E-state index contributed by atoms with van der Waals surface area (Å²) < 4.78 is 14.4. The van der Waals surface area contributed by atoms with Gasteiger partial charge in [-0.05, 0) is 42.7 Å². The van der Waals surface area contributed by atoms with Gasteiger partial charge < -0.3 is 21.1 Å². The fourth-order valence-corrected chi connectivity index (χ4v) is 2.90. The smallest absolute Gasteiger partial charge is 0.193 e. The van der Waals surface area contributed by atoms with Crippen LogP contribution in [0.1, 0.15) is 18.4 Å². The summed E-state index contributed by atoms with van der Waals surface area (Å²) in [7, 11) is 0.